The van der Waals surface area contributed by atoms with E-state index in [0.717, 1.165) is 19.0 Å². The van der Waals surface area contributed by atoms with E-state index in [1.54, 1.807) is 0 Å². The minimum Gasteiger partial charge on any atom is -0.312 e. The quantitative estimate of drug-likeness (QED) is 0.795. The average molecular weight is 263 g/mol. The first-order valence-electron chi connectivity index (χ1n) is 7.55. The van der Waals surface area contributed by atoms with Crippen molar-refractivity contribution in [3.8, 4) is 0 Å². The minimum atomic E-state index is -0.157. The molecular weight excluding hydrogens is 237 g/mol. The normalized spacial score (nSPS) is 18.1. The third kappa shape index (κ3) is 4.31. The van der Waals surface area contributed by atoms with Crippen molar-refractivity contribution in [1.29, 1.82) is 0 Å². The van der Waals surface area contributed by atoms with E-state index in [1.165, 1.54) is 49.8 Å². The summed E-state index contributed by atoms with van der Waals surface area (Å²) in [5.74, 6) is 0.613. The SMILES string of the molecule is CC(C)CC1(CNCc2ccc(F)cc2)CCCC1. The summed E-state index contributed by atoms with van der Waals surface area (Å²) in [6.45, 7) is 6.59. The molecule has 1 saturated carbocycles. The second kappa shape index (κ2) is 6.51. The van der Waals surface area contributed by atoms with Crippen LogP contribution >= 0.6 is 0 Å². The average Bonchev–Trinajstić information content (AvgIpc) is 2.79. The Morgan fingerprint density at radius 2 is 1.79 bits per heavy atom. The topological polar surface area (TPSA) is 12.0 Å². The van der Waals surface area contributed by atoms with E-state index in [1.807, 2.05) is 12.1 Å². The number of halogens is 1. The van der Waals surface area contributed by atoms with E-state index in [0.29, 0.717) is 5.41 Å². The van der Waals surface area contributed by atoms with E-state index in [4.69, 9.17) is 0 Å². The number of rotatable bonds is 6. The summed E-state index contributed by atoms with van der Waals surface area (Å²) < 4.78 is 12.8. The van der Waals surface area contributed by atoms with Gasteiger partial charge in [-0.25, -0.2) is 4.39 Å². The first-order chi connectivity index (χ1) is 9.10. The lowest BCUT2D eigenvalue weighted by atomic mass is 9.78. The summed E-state index contributed by atoms with van der Waals surface area (Å²) in [6, 6.07) is 6.81. The zero-order chi connectivity index (χ0) is 13.7. The van der Waals surface area contributed by atoms with Gasteiger partial charge in [0.2, 0.25) is 0 Å². The third-order valence-electron chi connectivity index (χ3n) is 4.25. The zero-order valence-corrected chi connectivity index (χ0v) is 12.2. The van der Waals surface area contributed by atoms with Gasteiger partial charge in [-0.15, -0.1) is 0 Å². The van der Waals surface area contributed by atoms with Crippen LogP contribution in [0.5, 0.6) is 0 Å². The van der Waals surface area contributed by atoms with Crippen LogP contribution in [0.25, 0.3) is 0 Å². The molecule has 0 aromatic heterocycles. The van der Waals surface area contributed by atoms with Crippen LogP contribution in [-0.2, 0) is 6.54 Å². The van der Waals surface area contributed by atoms with Gasteiger partial charge in [0.15, 0.2) is 0 Å². The highest BCUT2D eigenvalue weighted by atomic mass is 19.1. The molecule has 1 aromatic rings. The first kappa shape index (κ1) is 14.5. The van der Waals surface area contributed by atoms with Gasteiger partial charge in [-0.05, 0) is 48.3 Å². The third-order valence-corrected chi connectivity index (χ3v) is 4.25. The first-order valence-corrected chi connectivity index (χ1v) is 7.55. The van der Waals surface area contributed by atoms with Gasteiger partial charge in [-0.3, -0.25) is 0 Å². The van der Waals surface area contributed by atoms with Crippen molar-refractivity contribution in [2.24, 2.45) is 11.3 Å². The van der Waals surface area contributed by atoms with Crippen LogP contribution in [0.4, 0.5) is 4.39 Å². The van der Waals surface area contributed by atoms with Gasteiger partial charge >= 0.3 is 0 Å². The molecule has 0 unspecified atom stereocenters. The molecule has 0 saturated heterocycles. The second-order valence-corrected chi connectivity index (χ2v) is 6.54. The van der Waals surface area contributed by atoms with Crippen molar-refractivity contribution >= 4 is 0 Å². The minimum absolute atomic E-state index is 0.157. The van der Waals surface area contributed by atoms with Crippen LogP contribution in [0, 0.1) is 17.2 Å². The Hall–Kier alpha value is -0.890. The molecule has 2 heteroatoms. The van der Waals surface area contributed by atoms with Crippen molar-refractivity contribution in [3.63, 3.8) is 0 Å². The largest absolute Gasteiger partial charge is 0.312 e. The molecule has 1 N–H and O–H groups in total. The molecule has 2 rings (SSSR count). The summed E-state index contributed by atoms with van der Waals surface area (Å²) in [5.41, 5.74) is 1.67. The van der Waals surface area contributed by atoms with Gasteiger partial charge in [0.1, 0.15) is 5.82 Å². The van der Waals surface area contributed by atoms with Crippen LogP contribution < -0.4 is 5.32 Å². The Labute approximate surface area is 116 Å². The second-order valence-electron chi connectivity index (χ2n) is 6.54. The maximum atomic E-state index is 12.8. The van der Waals surface area contributed by atoms with Gasteiger partial charge in [-0.2, -0.15) is 0 Å². The number of benzene rings is 1. The number of hydrogen-bond donors (Lipinski definition) is 1. The standard InChI is InChI=1S/C17H26FN/c1-14(2)11-17(9-3-4-10-17)13-19-12-15-5-7-16(18)8-6-15/h5-8,14,19H,3-4,9-13H2,1-2H3. The summed E-state index contributed by atoms with van der Waals surface area (Å²) in [4.78, 5) is 0. The molecule has 19 heavy (non-hydrogen) atoms. The lowest BCUT2D eigenvalue weighted by Gasteiger charge is -2.31. The molecule has 1 aliphatic carbocycles. The molecule has 1 nitrogen and oxygen atoms in total. The summed E-state index contributed by atoms with van der Waals surface area (Å²) in [7, 11) is 0. The fraction of sp³-hybridized carbons (Fsp3) is 0.647. The Kier molecular flexibility index (Phi) is 4.98. The van der Waals surface area contributed by atoms with Crippen LogP contribution in [0.1, 0.15) is 51.5 Å². The van der Waals surface area contributed by atoms with Crippen LogP contribution in [0.15, 0.2) is 24.3 Å². The maximum absolute atomic E-state index is 12.8. The van der Waals surface area contributed by atoms with Crippen molar-refractivity contribution in [2.45, 2.75) is 52.5 Å². The number of nitrogens with one attached hydrogen (secondary N) is 1. The summed E-state index contributed by atoms with van der Waals surface area (Å²) in [5, 5.41) is 3.59. The predicted molar refractivity (Wildman–Crippen MR) is 78.5 cm³/mol. The molecule has 0 atom stereocenters. The lowest BCUT2D eigenvalue weighted by Crippen LogP contribution is -2.33. The van der Waals surface area contributed by atoms with E-state index >= 15 is 0 Å². The van der Waals surface area contributed by atoms with Crippen molar-refractivity contribution < 1.29 is 4.39 Å². The predicted octanol–water partition coefficient (Wildman–Crippen LogP) is 4.52. The van der Waals surface area contributed by atoms with Gasteiger partial charge in [0.05, 0.1) is 0 Å². The highest BCUT2D eigenvalue weighted by Crippen LogP contribution is 2.42. The van der Waals surface area contributed by atoms with Crippen LogP contribution in [0.3, 0.4) is 0 Å². The van der Waals surface area contributed by atoms with Crippen molar-refractivity contribution in [2.75, 3.05) is 6.54 Å². The monoisotopic (exact) mass is 263 g/mol. The van der Waals surface area contributed by atoms with Gasteiger partial charge < -0.3 is 5.32 Å². The van der Waals surface area contributed by atoms with E-state index in [-0.39, 0.29) is 5.82 Å². The highest BCUT2D eigenvalue weighted by Gasteiger charge is 2.33. The molecule has 0 aliphatic heterocycles. The van der Waals surface area contributed by atoms with E-state index in [2.05, 4.69) is 19.2 Å². The Morgan fingerprint density at radius 1 is 1.16 bits per heavy atom. The van der Waals surface area contributed by atoms with Gasteiger partial charge in [-0.1, -0.05) is 38.8 Å². The maximum Gasteiger partial charge on any atom is 0.123 e. The lowest BCUT2D eigenvalue weighted by molar-refractivity contribution is 0.223. The highest BCUT2D eigenvalue weighted by molar-refractivity contribution is 5.15. The smallest absolute Gasteiger partial charge is 0.123 e. The Morgan fingerprint density at radius 3 is 2.37 bits per heavy atom. The molecule has 1 aromatic carbocycles. The van der Waals surface area contributed by atoms with Gasteiger partial charge in [0.25, 0.3) is 0 Å². The molecule has 1 fully saturated rings. The van der Waals surface area contributed by atoms with Gasteiger partial charge in [0, 0.05) is 13.1 Å². The summed E-state index contributed by atoms with van der Waals surface area (Å²) >= 11 is 0. The fourth-order valence-electron chi connectivity index (χ4n) is 3.52. The van der Waals surface area contributed by atoms with Crippen LogP contribution in [-0.4, -0.2) is 6.54 Å². The zero-order valence-electron chi connectivity index (χ0n) is 12.2. The summed E-state index contributed by atoms with van der Waals surface area (Å²) in [6.07, 6.45) is 6.81. The van der Waals surface area contributed by atoms with E-state index < -0.39 is 0 Å². The van der Waals surface area contributed by atoms with Crippen LogP contribution in [0.2, 0.25) is 0 Å². The van der Waals surface area contributed by atoms with Crippen molar-refractivity contribution in [3.05, 3.63) is 35.6 Å². The molecular formula is C17H26FN. The molecule has 1 aliphatic rings. The molecule has 0 heterocycles. The molecule has 0 amide bonds. The van der Waals surface area contributed by atoms with E-state index in [9.17, 15) is 4.39 Å². The molecule has 106 valence electrons. The van der Waals surface area contributed by atoms with Crippen molar-refractivity contribution in [1.82, 2.24) is 5.32 Å². The Bertz CT molecular complexity index is 377. The molecule has 0 radical (unpaired) electrons. The molecule has 0 bridgehead atoms. The Balaban J connectivity index is 1.84. The number of hydrogen-bond acceptors (Lipinski definition) is 1. The molecule has 0 spiro atoms. The fourth-order valence-corrected chi connectivity index (χ4v) is 3.52.